The predicted octanol–water partition coefficient (Wildman–Crippen LogP) is 5.77. The summed E-state index contributed by atoms with van der Waals surface area (Å²) >= 11 is 0. The molecule has 1 N–H and O–H groups in total. The number of anilines is 1. The van der Waals surface area contributed by atoms with Crippen molar-refractivity contribution in [1.29, 1.82) is 0 Å². The highest BCUT2D eigenvalue weighted by molar-refractivity contribution is 6.09. The van der Waals surface area contributed by atoms with Crippen molar-refractivity contribution in [3.05, 3.63) is 89.5 Å². The SMILES string of the molecule is COCc1ccccc1NC(=O)c1ccccc1-c1ccc(C(F)(F)F)cc1. The minimum absolute atomic E-state index is 0.344. The fourth-order valence-electron chi connectivity index (χ4n) is 2.88. The van der Waals surface area contributed by atoms with Gasteiger partial charge in [0.1, 0.15) is 0 Å². The first kappa shape index (κ1) is 19.6. The molecule has 0 radical (unpaired) electrons. The van der Waals surface area contributed by atoms with Crippen molar-refractivity contribution in [2.75, 3.05) is 12.4 Å². The van der Waals surface area contributed by atoms with Crippen molar-refractivity contribution >= 4 is 11.6 Å². The largest absolute Gasteiger partial charge is 0.416 e. The number of nitrogens with one attached hydrogen (secondary N) is 1. The zero-order valence-electron chi connectivity index (χ0n) is 15.1. The van der Waals surface area contributed by atoms with Gasteiger partial charge in [-0.3, -0.25) is 4.79 Å². The Bertz CT molecular complexity index is 966. The van der Waals surface area contributed by atoms with Gasteiger partial charge >= 0.3 is 6.18 Å². The maximum Gasteiger partial charge on any atom is 0.416 e. The molecule has 0 fully saturated rings. The van der Waals surface area contributed by atoms with Gasteiger partial charge in [0.25, 0.3) is 5.91 Å². The molecule has 3 nitrogen and oxygen atoms in total. The molecular weight excluding hydrogens is 367 g/mol. The van der Waals surface area contributed by atoms with Crippen LogP contribution in [-0.4, -0.2) is 13.0 Å². The number of carbonyl (C=O) groups is 1. The Morgan fingerprint density at radius 3 is 2.25 bits per heavy atom. The van der Waals surface area contributed by atoms with Crippen molar-refractivity contribution in [3.63, 3.8) is 0 Å². The summed E-state index contributed by atoms with van der Waals surface area (Å²) in [6.45, 7) is 0.344. The minimum atomic E-state index is -4.40. The van der Waals surface area contributed by atoms with Crippen LogP contribution < -0.4 is 5.32 Å². The molecule has 0 aliphatic heterocycles. The third kappa shape index (κ3) is 4.40. The maximum atomic E-state index is 12.9. The van der Waals surface area contributed by atoms with Crippen LogP contribution in [0.2, 0.25) is 0 Å². The number of rotatable bonds is 5. The monoisotopic (exact) mass is 385 g/mol. The number of methoxy groups -OCH3 is 1. The highest BCUT2D eigenvalue weighted by atomic mass is 19.4. The molecule has 144 valence electrons. The van der Waals surface area contributed by atoms with Crippen LogP contribution in [0.3, 0.4) is 0 Å². The second kappa shape index (κ2) is 8.27. The number of amides is 1. The Kier molecular flexibility index (Phi) is 5.80. The number of alkyl halides is 3. The van der Waals surface area contributed by atoms with Gasteiger partial charge in [-0.1, -0.05) is 48.5 Å². The zero-order chi connectivity index (χ0) is 20.1. The van der Waals surface area contributed by atoms with Crippen LogP contribution in [0.4, 0.5) is 18.9 Å². The van der Waals surface area contributed by atoms with E-state index in [1.807, 2.05) is 12.1 Å². The second-order valence-corrected chi connectivity index (χ2v) is 6.16. The van der Waals surface area contributed by atoms with Gasteiger partial charge in [0.2, 0.25) is 0 Å². The van der Waals surface area contributed by atoms with Gasteiger partial charge in [-0.25, -0.2) is 0 Å². The standard InChI is InChI=1S/C22H18F3NO2/c1-28-14-16-6-2-5-9-20(16)26-21(27)19-8-4-3-7-18(19)15-10-12-17(13-11-15)22(23,24)25/h2-13H,14H2,1H3,(H,26,27). The molecule has 0 spiro atoms. The fraction of sp³-hybridized carbons (Fsp3) is 0.136. The summed E-state index contributed by atoms with van der Waals surface area (Å²) in [5, 5.41) is 2.86. The van der Waals surface area contributed by atoms with Crippen molar-refractivity contribution in [2.24, 2.45) is 0 Å². The first-order valence-electron chi connectivity index (χ1n) is 8.55. The number of benzene rings is 3. The van der Waals surface area contributed by atoms with E-state index in [2.05, 4.69) is 5.32 Å². The molecule has 0 atom stereocenters. The second-order valence-electron chi connectivity index (χ2n) is 6.16. The molecule has 3 aromatic rings. The number of para-hydroxylation sites is 1. The Morgan fingerprint density at radius 1 is 0.929 bits per heavy atom. The summed E-state index contributed by atoms with van der Waals surface area (Å²) in [6.07, 6.45) is -4.40. The number of halogens is 3. The summed E-state index contributed by atoms with van der Waals surface area (Å²) in [5.74, 6) is -0.348. The van der Waals surface area contributed by atoms with Gasteiger partial charge in [0.05, 0.1) is 12.2 Å². The minimum Gasteiger partial charge on any atom is -0.380 e. The molecular formula is C22H18F3NO2. The van der Waals surface area contributed by atoms with E-state index >= 15 is 0 Å². The van der Waals surface area contributed by atoms with Gasteiger partial charge in [0.15, 0.2) is 0 Å². The summed E-state index contributed by atoms with van der Waals surface area (Å²) < 4.78 is 43.5. The van der Waals surface area contributed by atoms with Crippen LogP contribution in [0.1, 0.15) is 21.5 Å². The quantitative estimate of drug-likeness (QED) is 0.605. The molecule has 0 aliphatic carbocycles. The Balaban J connectivity index is 1.91. The maximum absolute atomic E-state index is 12.9. The van der Waals surface area contributed by atoms with Crippen LogP contribution in [0.5, 0.6) is 0 Å². The van der Waals surface area contributed by atoms with E-state index in [-0.39, 0.29) is 5.91 Å². The number of ether oxygens (including phenoxy) is 1. The van der Waals surface area contributed by atoms with Crippen molar-refractivity contribution in [3.8, 4) is 11.1 Å². The average Bonchev–Trinajstić information content (AvgIpc) is 2.69. The Morgan fingerprint density at radius 2 is 1.57 bits per heavy atom. The zero-order valence-corrected chi connectivity index (χ0v) is 15.1. The predicted molar refractivity (Wildman–Crippen MR) is 102 cm³/mol. The molecule has 0 heterocycles. The highest BCUT2D eigenvalue weighted by Crippen LogP contribution is 2.32. The van der Waals surface area contributed by atoms with Crippen LogP contribution in [0, 0.1) is 0 Å². The van der Waals surface area contributed by atoms with E-state index in [4.69, 9.17) is 4.74 Å². The Hall–Kier alpha value is -3.12. The molecule has 6 heteroatoms. The van der Waals surface area contributed by atoms with Gasteiger partial charge in [-0.05, 0) is 35.4 Å². The highest BCUT2D eigenvalue weighted by Gasteiger charge is 2.30. The third-order valence-corrected chi connectivity index (χ3v) is 4.26. The van der Waals surface area contributed by atoms with E-state index < -0.39 is 11.7 Å². The van der Waals surface area contributed by atoms with Crippen LogP contribution >= 0.6 is 0 Å². The molecule has 1 amide bonds. The molecule has 0 bridgehead atoms. The number of carbonyl (C=O) groups excluding carboxylic acids is 1. The fourth-order valence-corrected chi connectivity index (χ4v) is 2.88. The lowest BCUT2D eigenvalue weighted by atomic mass is 9.98. The lowest BCUT2D eigenvalue weighted by Crippen LogP contribution is -2.14. The van der Waals surface area contributed by atoms with Crippen molar-refractivity contribution < 1.29 is 22.7 Å². The van der Waals surface area contributed by atoms with Crippen LogP contribution in [0.25, 0.3) is 11.1 Å². The van der Waals surface area contributed by atoms with Crippen LogP contribution in [-0.2, 0) is 17.5 Å². The van der Waals surface area contributed by atoms with Crippen molar-refractivity contribution in [2.45, 2.75) is 12.8 Å². The lowest BCUT2D eigenvalue weighted by Gasteiger charge is -2.14. The third-order valence-electron chi connectivity index (χ3n) is 4.26. The van der Waals surface area contributed by atoms with E-state index in [1.54, 1.807) is 43.5 Å². The van der Waals surface area contributed by atoms with E-state index in [1.165, 1.54) is 12.1 Å². The smallest absolute Gasteiger partial charge is 0.380 e. The van der Waals surface area contributed by atoms with Gasteiger partial charge < -0.3 is 10.1 Å². The summed E-state index contributed by atoms with van der Waals surface area (Å²) in [5.41, 5.74) is 2.17. The van der Waals surface area contributed by atoms with Crippen molar-refractivity contribution in [1.82, 2.24) is 0 Å². The summed E-state index contributed by atoms with van der Waals surface area (Å²) in [6, 6.07) is 18.8. The Labute approximate surface area is 160 Å². The molecule has 0 aliphatic rings. The average molecular weight is 385 g/mol. The molecule has 28 heavy (non-hydrogen) atoms. The van der Waals surface area contributed by atoms with Gasteiger partial charge in [-0.2, -0.15) is 13.2 Å². The first-order chi connectivity index (χ1) is 13.4. The first-order valence-corrected chi connectivity index (χ1v) is 8.55. The summed E-state index contributed by atoms with van der Waals surface area (Å²) in [7, 11) is 1.57. The molecule has 3 rings (SSSR count). The summed E-state index contributed by atoms with van der Waals surface area (Å²) in [4.78, 5) is 12.9. The van der Waals surface area contributed by atoms with E-state index in [0.29, 0.717) is 29.0 Å². The van der Waals surface area contributed by atoms with Crippen LogP contribution in [0.15, 0.2) is 72.8 Å². The number of hydrogen-bond donors (Lipinski definition) is 1. The van der Waals surface area contributed by atoms with Gasteiger partial charge in [-0.15, -0.1) is 0 Å². The van der Waals surface area contributed by atoms with E-state index in [9.17, 15) is 18.0 Å². The molecule has 0 saturated heterocycles. The number of hydrogen-bond acceptors (Lipinski definition) is 2. The topological polar surface area (TPSA) is 38.3 Å². The molecule has 0 unspecified atom stereocenters. The molecule has 0 aromatic heterocycles. The lowest BCUT2D eigenvalue weighted by molar-refractivity contribution is -0.137. The van der Waals surface area contributed by atoms with E-state index in [0.717, 1.165) is 17.7 Å². The molecule has 0 saturated carbocycles. The normalized spacial score (nSPS) is 11.3. The van der Waals surface area contributed by atoms with Gasteiger partial charge in [0, 0.05) is 23.9 Å². The molecule has 3 aromatic carbocycles.